The molecule has 4 N–H and O–H groups in total. The molecule has 0 saturated carbocycles. The molecule has 4 aromatic carbocycles. The highest BCUT2D eigenvalue weighted by atomic mass is 35.5. The maximum absolute atomic E-state index is 13.3. The molecule has 4 aliphatic rings. The number of rotatable bonds is 23. The minimum atomic E-state index is -0.431. The van der Waals surface area contributed by atoms with Crippen molar-refractivity contribution in [2.75, 3.05) is 162 Å². The zero-order valence-corrected chi connectivity index (χ0v) is 76.7. The predicted molar refractivity (Wildman–Crippen MR) is 478 cm³/mol. The van der Waals surface area contributed by atoms with Crippen LogP contribution in [0.25, 0.3) is 45.6 Å². The van der Waals surface area contributed by atoms with Crippen molar-refractivity contribution >= 4 is 99.2 Å². The quantitative estimate of drug-likeness (QED) is 0.0432. The number of nitrogens with one attached hydrogen (secondary N) is 4. The number of amides is 4. The maximum Gasteiger partial charge on any atom is 0.409 e. The van der Waals surface area contributed by atoms with Crippen molar-refractivity contribution in [2.24, 2.45) is 28.2 Å². The minimum Gasteiger partial charge on any atom is -0.497 e. The number of aryl methyl sites for hydroxylation is 5. The fourth-order valence-electron chi connectivity index (χ4n) is 15.0. The van der Waals surface area contributed by atoms with E-state index in [1.807, 2.05) is 90.0 Å². The van der Waals surface area contributed by atoms with Gasteiger partial charge >= 0.3 is 24.4 Å². The molecule has 0 radical (unpaired) electrons. The summed E-state index contributed by atoms with van der Waals surface area (Å²) >= 11 is 25.2. The summed E-state index contributed by atoms with van der Waals surface area (Å²) in [7, 11) is 19.1. The Balaban J connectivity index is 0.000000187. The Morgan fingerprint density at radius 2 is 0.645 bits per heavy atom. The second-order valence-electron chi connectivity index (χ2n) is 29.7. The number of carbonyl (C=O) groups is 4. The molecule has 8 atom stereocenters. The third kappa shape index (κ3) is 22.4. The van der Waals surface area contributed by atoms with Gasteiger partial charge in [0.25, 0.3) is 22.2 Å². The number of nitrogens with zero attached hydrogens (tertiary/aromatic N) is 13. The number of anilines is 5. The first-order chi connectivity index (χ1) is 59.0. The number of aromatic nitrogens is 8. The third-order valence-corrected chi connectivity index (χ3v) is 22.7. The monoisotopic (exact) mass is 1800 g/mol. The number of ether oxygens (including phenoxy) is 10. The Kier molecular flexibility index (Phi) is 34.1. The zero-order valence-electron chi connectivity index (χ0n) is 73.7. The van der Waals surface area contributed by atoms with E-state index in [1.54, 1.807) is 126 Å². The molecule has 4 aliphatic heterocycles. The number of benzene rings is 4. The standard InChI is InChI=1S/C22H30ClN5O4.C22H30N4O5.C21H27ClN4O5.C20H24Cl2N4O4/c1-7-32-18-12-28(22(30)31-6)11-17(18)25-19-13(2)24-20(27(5)21(19)29)15-9-8-14(26(3)4)10-16(15)23;1-7-31-18-12-26(22(28)30-6)11-17(18)24-19-14(3)23-20(25(4)21(19)27)16-9-8-15(29-5)10-13(16)2;1-6-31-17-11-26(21(28)30-5)10-16(17)24-18-12(2)23-19(25(3)20(18)27)14-8-7-13(29-4)9-15(14)22;1-5-30-16-10-26(20(28)29-4)9-15(16)24-17-11(2)23-18(25(3)19(17)27)13-7-6-12(21)8-14(13)22/h8-10,17-18,25H,7,11-12H2,1-6H3;8-10,17-18,24H,7,11-12H2,1-6H3;7-9,16-17,24H,6,10-11H2,1-5H3;6-8,15-16,24H,5,9-10H2,1-4H3/t2*17?,18-;16?,17-;15?,16-/m0000/s1. The van der Waals surface area contributed by atoms with Crippen LogP contribution in [0.5, 0.6) is 11.5 Å². The van der Waals surface area contributed by atoms with Crippen LogP contribution in [-0.2, 0) is 66.1 Å². The van der Waals surface area contributed by atoms with Gasteiger partial charge in [-0.05, 0) is 141 Å². The van der Waals surface area contributed by atoms with E-state index in [0.29, 0.717) is 190 Å². The average molecular weight is 1800 g/mol. The highest BCUT2D eigenvalue weighted by Crippen LogP contribution is 2.36. The largest absolute Gasteiger partial charge is 0.497 e. The lowest BCUT2D eigenvalue weighted by atomic mass is 10.1. The molecule has 4 unspecified atom stereocenters. The SMILES string of the molecule is CCO[C@H]1CN(C(=O)OC)CC1Nc1c(C)nc(-c2ccc(Cl)cc2Cl)n(C)c1=O.CCO[C@H]1CN(C(=O)OC)CC1Nc1c(C)nc(-c2ccc(N(C)C)cc2Cl)n(C)c1=O.CCO[C@H]1CN(C(=O)OC)CC1Nc1c(C)nc(-c2ccc(OC)cc2C)n(C)c1=O.CCO[C@H]1CN(C(=O)OC)CC1Nc1c(C)nc(-c2ccc(OC)cc2Cl)n(C)c1=O. The number of likely N-dealkylation sites (tertiary alicyclic amines) is 4. The van der Waals surface area contributed by atoms with Gasteiger partial charge in [0.1, 0.15) is 57.5 Å². The Hall–Kier alpha value is -10.9. The van der Waals surface area contributed by atoms with Crippen LogP contribution >= 0.6 is 46.4 Å². The second kappa shape index (κ2) is 43.6. The van der Waals surface area contributed by atoms with Crippen LogP contribution in [0.15, 0.2) is 92.0 Å². The zero-order chi connectivity index (χ0) is 91.0. The van der Waals surface area contributed by atoms with E-state index in [-0.39, 0.29) is 70.8 Å². The van der Waals surface area contributed by atoms with E-state index in [2.05, 4.69) is 36.2 Å². The number of halogens is 4. The molecule has 0 spiro atoms. The van der Waals surface area contributed by atoms with E-state index in [4.69, 9.17) is 98.8 Å². The molecule has 12 rings (SSSR count). The van der Waals surface area contributed by atoms with Crippen LogP contribution in [-0.4, -0.2) is 266 Å². The van der Waals surface area contributed by atoms with Gasteiger partial charge in [-0.3, -0.25) is 37.4 Å². The van der Waals surface area contributed by atoms with Gasteiger partial charge < -0.3 is 93.1 Å². The second-order valence-corrected chi connectivity index (χ2v) is 31.4. The van der Waals surface area contributed by atoms with Gasteiger partial charge in [-0.15, -0.1) is 0 Å². The predicted octanol–water partition coefficient (Wildman–Crippen LogP) is 11.1. The van der Waals surface area contributed by atoms with Gasteiger partial charge in [0.15, 0.2) is 0 Å². The molecule has 672 valence electrons. The summed E-state index contributed by atoms with van der Waals surface area (Å²) in [6, 6.07) is 20.5. The highest BCUT2D eigenvalue weighted by Gasteiger charge is 2.42. The van der Waals surface area contributed by atoms with Gasteiger partial charge in [-0.2, -0.15) is 0 Å². The van der Waals surface area contributed by atoms with Crippen molar-refractivity contribution in [3.05, 3.63) is 163 Å². The van der Waals surface area contributed by atoms with Gasteiger partial charge in [0, 0.05) is 128 Å². The van der Waals surface area contributed by atoms with Crippen LogP contribution < -0.4 is 57.9 Å². The number of carbonyl (C=O) groups excluding carboxylic acids is 4. The Morgan fingerprint density at radius 3 is 0.903 bits per heavy atom. The molecule has 0 aliphatic carbocycles. The number of hydrogen-bond donors (Lipinski definition) is 4. The summed E-state index contributed by atoms with van der Waals surface area (Å²) < 4.78 is 58.8. The van der Waals surface area contributed by atoms with Gasteiger partial charge in [-0.1, -0.05) is 46.4 Å². The molecule has 4 fully saturated rings. The summed E-state index contributed by atoms with van der Waals surface area (Å²) in [6.45, 7) is 21.6. The van der Waals surface area contributed by atoms with E-state index in [1.165, 1.54) is 46.7 Å². The fraction of sp³-hybridized carbons (Fsp3) is 0.482. The minimum absolute atomic E-state index is 0.190. The molecule has 8 aromatic rings. The van der Waals surface area contributed by atoms with Crippen LogP contribution in [0, 0.1) is 34.6 Å². The van der Waals surface area contributed by atoms with Crippen LogP contribution in [0.1, 0.15) is 56.0 Å². The number of methoxy groups -OCH3 is 6. The molecule has 8 heterocycles. The lowest BCUT2D eigenvalue weighted by Crippen LogP contribution is -2.38. The number of hydrogen-bond acceptors (Lipinski definition) is 27. The molecule has 39 heteroatoms. The van der Waals surface area contributed by atoms with E-state index in [0.717, 1.165) is 22.6 Å². The molecule has 0 bridgehead atoms. The normalized spacial score (nSPS) is 18.2. The summed E-state index contributed by atoms with van der Waals surface area (Å²) in [6.07, 6.45) is -2.77. The molecular weight excluding hydrogens is 1690 g/mol. The lowest BCUT2D eigenvalue weighted by Gasteiger charge is -2.22. The van der Waals surface area contributed by atoms with Gasteiger partial charge in [0.2, 0.25) is 0 Å². The molecular formula is C85H111Cl4N17O18. The first-order valence-electron chi connectivity index (χ1n) is 40.1. The van der Waals surface area contributed by atoms with Crippen molar-refractivity contribution in [1.82, 2.24) is 57.8 Å². The first kappa shape index (κ1) is 96.9. The average Bonchev–Trinajstić information content (AvgIpc) is 1.74. The maximum atomic E-state index is 13.3. The van der Waals surface area contributed by atoms with Crippen molar-refractivity contribution < 1.29 is 66.5 Å². The Morgan fingerprint density at radius 1 is 0.379 bits per heavy atom. The third-order valence-electron chi connectivity index (χ3n) is 21.5. The van der Waals surface area contributed by atoms with E-state index >= 15 is 0 Å². The van der Waals surface area contributed by atoms with Crippen molar-refractivity contribution in [3.63, 3.8) is 0 Å². The first-order valence-corrected chi connectivity index (χ1v) is 41.6. The van der Waals surface area contributed by atoms with Crippen LogP contribution in [0.2, 0.25) is 20.1 Å². The molecule has 4 saturated heterocycles. The van der Waals surface area contributed by atoms with Gasteiger partial charge in [0.05, 0.1) is 155 Å². The topological polar surface area (TPSA) is 364 Å². The smallest absolute Gasteiger partial charge is 0.409 e. The summed E-state index contributed by atoms with van der Waals surface area (Å²) in [5.41, 5.74) is 7.43. The molecule has 35 nitrogen and oxygen atoms in total. The lowest BCUT2D eigenvalue weighted by molar-refractivity contribution is 0.0614. The Labute approximate surface area is 739 Å². The van der Waals surface area contributed by atoms with Crippen molar-refractivity contribution in [3.8, 4) is 57.1 Å². The Bertz CT molecular complexity index is 5260. The molecule has 4 amide bonds. The summed E-state index contributed by atoms with van der Waals surface area (Å²) in [4.78, 5) is 127. The van der Waals surface area contributed by atoms with Crippen molar-refractivity contribution in [2.45, 2.75) is 111 Å². The highest BCUT2D eigenvalue weighted by molar-refractivity contribution is 6.36. The molecule has 4 aromatic heterocycles. The van der Waals surface area contributed by atoms with Gasteiger partial charge in [-0.25, -0.2) is 39.1 Å². The summed E-state index contributed by atoms with van der Waals surface area (Å²) in [5, 5.41) is 14.9. The molecule has 124 heavy (non-hydrogen) atoms. The summed E-state index contributed by atoms with van der Waals surface area (Å²) in [5.74, 6) is 3.32. The van der Waals surface area contributed by atoms with Crippen LogP contribution in [0.4, 0.5) is 47.6 Å². The van der Waals surface area contributed by atoms with Crippen LogP contribution in [0.3, 0.4) is 0 Å². The van der Waals surface area contributed by atoms with Crippen molar-refractivity contribution in [1.29, 1.82) is 0 Å². The van der Waals surface area contributed by atoms with E-state index < -0.39 is 24.4 Å². The fourth-order valence-corrected chi connectivity index (χ4v) is 16.0. The van der Waals surface area contributed by atoms with E-state index in [9.17, 15) is 38.4 Å².